The van der Waals surface area contributed by atoms with E-state index >= 15 is 0 Å². The minimum atomic E-state index is 1.31. The molecule has 0 amide bonds. The molecule has 1 aliphatic rings. The molecular weight excluding hydrogens is 280 g/mol. The third kappa shape index (κ3) is 11.1. The molecule has 0 saturated carbocycles. The van der Waals surface area contributed by atoms with E-state index in [1.165, 1.54) is 95.0 Å². The number of allylic oxidation sites excluding steroid dienone is 1. The lowest BCUT2D eigenvalue weighted by Crippen LogP contribution is -1.82. The maximum absolute atomic E-state index is 2.47. The molecule has 118 valence electrons. The molecule has 0 N–H and O–H groups in total. The molecule has 1 fully saturated rings. The second-order valence-electron chi connectivity index (χ2n) is 5.90. The summed E-state index contributed by atoms with van der Waals surface area (Å²) in [7, 11) is 0. The van der Waals surface area contributed by atoms with Crippen molar-refractivity contribution in [1.82, 2.24) is 0 Å². The summed E-state index contributed by atoms with van der Waals surface area (Å²) < 4.78 is 1.59. The molecule has 0 aromatic heterocycles. The summed E-state index contributed by atoms with van der Waals surface area (Å²) in [6.45, 7) is 2.29. The van der Waals surface area contributed by atoms with Crippen molar-refractivity contribution >= 4 is 23.5 Å². The smallest absolute Gasteiger partial charge is 0.0361 e. The van der Waals surface area contributed by atoms with E-state index in [4.69, 9.17) is 0 Å². The van der Waals surface area contributed by atoms with E-state index in [1.807, 2.05) is 0 Å². The number of thioether (sulfide) groups is 2. The second-order valence-corrected chi connectivity index (χ2v) is 8.43. The van der Waals surface area contributed by atoms with Gasteiger partial charge < -0.3 is 0 Å². The molecule has 1 aliphatic heterocycles. The van der Waals surface area contributed by atoms with Gasteiger partial charge in [0.05, 0.1) is 0 Å². The molecule has 0 aromatic rings. The highest BCUT2D eigenvalue weighted by atomic mass is 32.2. The van der Waals surface area contributed by atoms with Crippen molar-refractivity contribution in [3.63, 3.8) is 0 Å². The van der Waals surface area contributed by atoms with Crippen LogP contribution < -0.4 is 0 Å². The number of unbranched alkanes of at least 4 members (excludes halogenated alkanes) is 12. The van der Waals surface area contributed by atoms with E-state index in [-0.39, 0.29) is 0 Å². The summed E-state index contributed by atoms with van der Waals surface area (Å²) in [6, 6.07) is 0. The van der Waals surface area contributed by atoms with Crippen LogP contribution in [0.25, 0.3) is 0 Å². The minimum Gasteiger partial charge on any atom is -0.119 e. The van der Waals surface area contributed by atoms with Crippen molar-refractivity contribution in [3.8, 4) is 0 Å². The highest BCUT2D eigenvalue weighted by Crippen LogP contribution is 2.36. The third-order valence-electron chi connectivity index (χ3n) is 3.94. The number of rotatable bonds is 13. The van der Waals surface area contributed by atoms with Gasteiger partial charge in [-0.15, -0.1) is 23.5 Å². The molecule has 20 heavy (non-hydrogen) atoms. The lowest BCUT2D eigenvalue weighted by atomic mass is 10.0. The van der Waals surface area contributed by atoms with Crippen LogP contribution in [0.2, 0.25) is 0 Å². The van der Waals surface area contributed by atoms with Crippen molar-refractivity contribution in [3.05, 3.63) is 10.3 Å². The summed E-state index contributed by atoms with van der Waals surface area (Å²) in [4.78, 5) is 0. The van der Waals surface area contributed by atoms with Crippen molar-refractivity contribution in [2.45, 2.75) is 90.4 Å². The molecular formula is C18H34S2. The molecule has 0 atom stereocenters. The van der Waals surface area contributed by atoms with E-state index < -0.39 is 0 Å². The molecule has 0 bridgehead atoms. The molecule has 0 unspecified atom stereocenters. The Morgan fingerprint density at radius 2 is 1.15 bits per heavy atom. The molecule has 1 heterocycles. The van der Waals surface area contributed by atoms with Gasteiger partial charge in [-0.2, -0.15) is 0 Å². The van der Waals surface area contributed by atoms with Gasteiger partial charge >= 0.3 is 0 Å². The highest BCUT2D eigenvalue weighted by Gasteiger charge is 2.06. The predicted molar refractivity (Wildman–Crippen MR) is 98.7 cm³/mol. The quantitative estimate of drug-likeness (QED) is 0.325. The molecule has 1 rings (SSSR count). The van der Waals surface area contributed by atoms with Gasteiger partial charge in [0, 0.05) is 15.7 Å². The highest BCUT2D eigenvalue weighted by molar-refractivity contribution is 8.25. The summed E-state index contributed by atoms with van der Waals surface area (Å²) in [5, 5.41) is 0. The summed E-state index contributed by atoms with van der Waals surface area (Å²) >= 11 is 4.10. The SMILES string of the molecule is CCCCCCCCCCCCCCC=C1SCCS1. The van der Waals surface area contributed by atoms with Crippen LogP contribution in [-0.4, -0.2) is 11.5 Å². The van der Waals surface area contributed by atoms with Gasteiger partial charge in [-0.1, -0.05) is 83.6 Å². The van der Waals surface area contributed by atoms with Crippen LogP contribution in [0.3, 0.4) is 0 Å². The maximum atomic E-state index is 2.47. The maximum Gasteiger partial charge on any atom is 0.0361 e. The largest absolute Gasteiger partial charge is 0.119 e. The molecule has 1 saturated heterocycles. The van der Waals surface area contributed by atoms with E-state index in [2.05, 4.69) is 36.5 Å². The summed E-state index contributed by atoms with van der Waals surface area (Å²) in [5.74, 6) is 2.66. The van der Waals surface area contributed by atoms with Gasteiger partial charge in [0.15, 0.2) is 0 Å². The Hall–Kier alpha value is 0.440. The monoisotopic (exact) mass is 314 g/mol. The van der Waals surface area contributed by atoms with E-state index in [1.54, 1.807) is 4.24 Å². The Bertz CT molecular complexity index is 228. The first-order chi connectivity index (χ1) is 9.93. The minimum absolute atomic E-state index is 1.31. The van der Waals surface area contributed by atoms with Crippen LogP contribution in [0.15, 0.2) is 10.3 Å². The topological polar surface area (TPSA) is 0 Å². The van der Waals surface area contributed by atoms with Gasteiger partial charge in [-0.05, 0) is 12.8 Å². The Balaban J connectivity index is 1.71. The van der Waals surface area contributed by atoms with Crippen LogP contribution in [0.4, 0.5) is 0 Å². The van der Waals surface area contributed by atoms with Crippen molar-refractivity contribution in [1.29, 1.82) is 0 Å². The lowest BCUT2D eigenvalue weighted by Gasteiger charge is -2.02. The first-order valence-electron chi connectivity index (χ1n) is 8.89. The van der Waals surface area contributed by atoms with Crippen LogP contribution in [-0.2, 0) is 0 Å². The summed E-state index contributed by atoms with van der Waals surface area (Å²) in [5.41, 5.74) is 0. The molecule has 0 nitrogen and oxygen atoms in total. The van der Waals surface area contributed by atoms with Gasteiger partial charge in [-0.25, -0.2) is 0 Å². The number of hydrogen-bond donors (Lipinski definition) is 0. The molecule has 0 aliphatic carbocycles. The average molecular weight is 315 g/mol. The average Bonchev–Trinajstić information content (AvgIpc) is 2.97. The Labute approximate surface area is 135 Å². The normalized spacial score (nSPS) is 14.9. The van der Waals surface area contributed by atoms with E-state index in [0.717, 1.165) is 0 Å². The standard InChI is InChI=1S/C18H34S2/c1-2-3-4-5-6-7-8-9-10-11-12-13-14-15-18-19-16-17-20-18/h15H,2-14,16-17H2,1H3. The van der Waals surface area contributed by atoms with Crippen molar-refractivity contribution in [2.24, 2.45) is 0 Å². The van der Waals surface area contributed by atoms with Gasteiger partial charge in [0.1, 0.15) is 0 Å². The fraction of sp³-hybridized carbons (Fsp3) is 0.889. The van der Waals surface area contributed by atoms with Crippen molar-refractivity contribution < 1.29 is 0 Å². The predicted octanol–water partition coefficient (Wildman–Crippen LogP) is 7.40. The molecule has 0 spiro atoms. The Morgan fingerprint density at radius 3 is 1.65 bits per heavy atom. The van der Waals surface area contributed by atoms with Gasteiger partial charge in [0.2, 0.25) is 0 Å². The van der Waals surface area contributed by atoms with Crippen LogP contribution >= 0.6 is 23.5 Å². The Kier molecular flexibility index (Phi) is 13.3. The number of hydrogen-bond acceptors (Lipinski definition) is 2. The molecule has 2 heteroatoms. The van der Waals surface area contributed by atoms with Crippen LogP contribution in [0.5, 0.6) is 0 Å². The van der Waals surface area contributed by atoms with Gasteiger partial charge in [-0.3, -0.25) is 0 Å². The van der Waals surface area contributed by atoms with Crippen LogP contribution in [0.1, 0.15) is 90.4 Å². The summed E-state index contributed by atoms with van der Waals surface area (Å²) in [6.07, 6.45) is 21.2. The lowest BCUT2D eigenvalue weighted by molar-refractivity contribution is 0.545. The van der Waals surface area contributed by atoms with E-state index in [9.17, 15) is 0 Å². The van der Waals surface area contributed by atoms with E-state index in [0.29, 0.717) is 0 Å². The molecule has 0 radical (unpaired) electrons. The Morgan fingerprint density at radius 1 is 0.700 bits per heavy atom. The first kappa shape index (κ1) is 18.5. The fourth-order valence-corrected chi connectivity index (χ4v) is 5.02. The fourth-order valence-electron chi connectivity index (χ4n) is 2.65. The van der Waals surface area contributed by atoms with Crippen molar-refractivity contribution in [2.75, 3.05) is 11.5 Å². The zero-order valence-corrected chi connectivity index (χ0v) is 15.1. The zero-order chi connectivity index (χ0) is 14.3. The zero-order valence-electron chi connectivity index (χ0n) is 13.5. The van der Waals surface area contributed by atoms with Crippen LogP contribution in [0, 0.1) is 0 Å². The third-order valence-corrected chi connectivity index (χ3v) is 6.63. The van der Waals surface area contributed by atoms with Gasteiger partial charge in [0.25, 0.3) is 0 Å². The molecule has 0 aromatic carbocycles. The second kappa shape index (κ2) is 14.4. The first-order valence-corrected chi connectivity index (χ1v) is 10.9.